The Labute approximate surface area is 92.3 Å². The molecule has 0 spiro atoms. The van der Waals surface area contributed by atoms with Crippen molar-refractivity contribution in [1.82, 2.24) is 0 Å². The van der Waals surface area contributed by atoms with Gasteiger partial charge < -0.3 is 10.8 Å². The molecule has 0 radical (unpaired) electrons. The van der Waals surface area contributed by atoms with Gasteiger partial charge in [-0.05, 0) is 43.5 Å². The zero-order chi connectivity index (χ0) is 10.3. The van der Waals surface area contributed by atoms with Gasteiger partial charge in [0.25, 0.3) is 0 Å². The Balaban J connectivity index is 2.46. The van der Waals surface area contributed by atoms with Gasteiger partial charge in [0, 0.05) is 15.9 Å². The van der Waals surface area contributed by atoms with Crippen LogP contribution < -0.4 is 5.73 Å². The van der Waals surface area contributed by atoms with E-state index in [9.17, 15) is 5.11 Å². The monoisotopic (exact) mass is 255 g/mol. The van der Waals surface area contributed by atoms with Gasteiger partial charge in [0.2, 0.25) is 0 Å². The Hall–Kier alpha value is -0.540. The quantitative estimate of drug-likeness (QED) is 0.854. The van der Waals surface area contributed by atoms with Crippen molar-refractivity contribution < 1.29 is 5.11 Å². The molecule has 0 aliphatic heterocycles. The van der Waals surface area contributed by atoms with Gasteiger partial charge in [-0.3, -0.25) is 0 Å². The summed E-state index contributed by atoms with van der Waals surface area (Å²) in [5.41, 5.74) is 7.22. The largest absolute Gasteiger partial charge is 0.508 e. The average Bonchev–Trinajstić information content (AvgIpc) is 2.90. The van der Waals surface area contributed by atoms with Gasteiger partial charge in [0.05, 0.1) is 0 Å². The van der Waals surface area contributed by atoms with E-state index < -0.39 is 0 Å². The van der Waals surface area contributed by atoms with Crippen molar-refractivity contribution in [3.8, 4) is 5.75 Å². The number of phenolic OH excluding ortho intramolecular Hbond substituents is 1. The highest BCUT2D eigenvalue weighted by molar-refractivity contribution is 9.10. The van der Waals surface area contributed by atoms with Crippen molar-refractivity contribution in [2.75, 3.05) is 0 Å². The van der Waals surface area contributed by atoms with Crippen LogP contribution in [0, 0.1) is 0 Å². The number of phenols is 1. The molecular weight excluding hydrogens is 242 g/mol. The summed E-state index contributed by atoms with van der Waals surface area (Å²) >= 11 is 3.51. The van der Waals surface area contributed by atoms with Crippen LogP contribution in [0.4, 0.5) is 0 Å². The van der Waals surface area contributed by atoms with E-state index in [1.54, 1.807) is 6.07 Å². The van der Waals surface area contributed by atoms with Crippen LogP contribution in [-0.4, -0.2) is 11.1 Å². The molecule has 14 heavy (non-hydrogen) atoms. The Morgan fingerprint density at radius 1 is 1.50 bits per heavy atom. The lowest BCUT2D eigenvalue weighted by Gasteiger charge is -2.21. The molecule has 1 saturated carbocycles. The Morgan fingerprint density at radius 3 is 2.64 bits per heavy atom. The number of hydrogen-bond acceptors (Lipinski definition) is 2. The number of rotatable bonds is 2. The number of nitrogens with two attached hydrogens (primary N) is 1. The first-order valence-corrected chi connectivity index (χ1v) is 5.60. The first-order chi connectivity index (χ1) is 6.56. The second-order valence-electron chi connectivity index (χ2n) is 4.11. The van der Waals surface area contributed by atoms with E-state index in [-0.39, 0.29) is 11.5 Å². The number of aromatic hydroxyl groups is 1. The van der Waals surface area contributed by atoms with Gasteiger partial charge in [0.15, 0.2) is 0 Å². The van der Waals surface area contributed by atoms with Crippen molar-refractivity contribution in [2.45, 2.75) is 31.2 Å². The molecule has 0 bridgehead atoms. The fourth-order valence-corrected chi connectivity index (χ4v) is 2.64. The summed E-state index contributed by atoms with van der Waals surface area (Å²) < 4.78 is 1.05. The highest BCUT2D eigenvalue weighted by Crippen LogP contribution is 2.52. The molecule has 0 aromatic heterocycles. The fourth-order valence-electron chi connectivity index (χ4n) is 2.00. The molecule has 76 valence electrons. The summed E-state index contributed by atoms with van der Waals surface area (Å²) in [6.07, 6.45) is 2.24. The Morgan fingerprint density at radius 2 is 2.14 bits per heavy atom. The van der Waals surface area contributed by atoms with E-state index in [0.717, 1.165) is 22.9 Å². The van der Waals surface area contributed by atoms with Gasteiger partial charge in [-0.25, -0.2) is 0 Å². The molecular formula is C11H14BrNO. The number of hydrogen-bond donors (Lipinski definition) is 2. The molecule has 1 aliphatic rings. The lowest BCUT2D eigenvalue weighted by atomic mass is 9.89. The van der Waals surface area contributed by atoms with E-state index in [4.69, 9.17) is 5.73 Å². The summed E-state index contributed by atoms with van der Waals surface area (Å²) in [5, 5.41) is 9.45. The maximum atomic E-state index is 9.45. The van der Waals surface area contributed by atoms with Crippen LogP contribution in [0.2, 0.25) is 0 Å². The Kier molecular flexibility index (Phi) is 2.32. The summed E-state index contributed by atoms with van der Waals surface area (Å²) in [5.74, 6) is 0.315. The molecule has 1 aromatic rings. The number of halogens is 1. The summed E-state index contributed by atoms with van der Waals surface area (Å²) in [7, 11) is 0. The van der Waals surface area contributed by atoms with E-state index >= 15 is 0 Å². The van der Waals surface area contributed by atoms with Crippen molar-refractivity contribution in [1.29, 1.82) is 0 Å². The molecule has 2 rings (SSSR count). The van der Waals surface area contributed by atoms with Crippen LogP contribution in [0.25, 0.3) is 0 Å². The van der Waals surface area contributed by atoms with Crippen LogP contribution >= 0.6 is 15.9 Å². The van der Waals surface area contributed by atoms with E-state index in [2.05, 4.69) is 15.9 Å². The van der Waals surface area contributed by atoms with Crippen LogP contribution in [-0.2, 0) is 5.41 Å². The van der Waals surface area contributed by atoms with Crippen molar-refractivity contribution >= 4 is 15.9 Å². The zero-order valence-electron chi connectivity index (χ0n) is 8.13. The highest BCUT2D eigenvalue weighted by atomic mass is 79.9. The molecule has 0 heterocycles. The van der Waals surface area contributed by atoms with Crippen molar-refractivity contribution in [2.24, 2.45) is 5.73 Å². The third kappa shape index (κ3) is 1.44. The average molecular weight is 256 g/mol. The van der Waals surface area contributed by atoms with Crippen molar-refractivity contribution in [3.05, 3.63) is 28.2 Å². The van der Waals surface area contributed by atoms with Crippen LogP contribution in [0.5, 0.6) is 5.75 Å². The molecule has 2 nitrogen and oxygen atoms in total. The summed E-state index contributed by atoms with van der Waals surface area (Å²) in [6.45, 7) is 2.03. The second-order valence-corrected chi connectivity index (χ2v) is 4.96. The van der Waals surface area contributed by atoms with E-state index in [1.807, 2.05) is 19.1 Å². The first kappa shape index (κ1) is 9.99. The predicted molar refractivity (Wildman–Crippen MR) is 60.4 cm³/mol. The van der Waals surface area contributed by atoms with Gasteiger partial charge in [-0.1, -0.05) is 15.9 Å². The van der Waals surface area contributed by atoms with Crippen LogP contribution in [0.1, 0.15) is 25.3 Å². The van der Waals surface area contributed by atoms with Crippen LogP contribution in [0.15, 0.2) is 22.7 Å². The van der Waals surface area contributed by atoms with Gasteiger partial charge in [0.1, 0.15) is 5.75 Å². The molecule has 3 N–H and O–H groups in total. The molecule has 1 fully saturated rings. The minimum Gasteiger partial charge on any atom is -0.508 e. The van der Waals surface area contributed by atoms with Gasteiger partial charge >= 0.3 is 0 Å². The minimum atomic E-state index is 0.0948. The third-order valence-electron chi connectivity index (χ3n) is 3.15. The fraction of sp³-hybridized carbons (Fsp3) is 0.455. The lowest BCUT2D eigenvalue weighted by molar-refractivity contribution is 0.470. The molecule has 1 unspecified atom stereocenters. The topological polar surface area (TPSA) is 46.2 Å². The smallest absolute Gasteiger partial charge is 0.115 e. The maximum absolute atomic E-state index is 9.45. The van der Waals surface area contributed by atoms with Gasteiger partial charge in [-0.15, -0.1) is 0 Å². The maximum Gasteiger partial charge on any atom is 0.115 e. The SMILES string of the molecule is CC(N)C1(c2cc(O)ccc2Br)CC1. The van der Waals surface area contributed by atoms with Gasteiger partial charge in [-0.2, -0.15) is 0 Å². The summed E-state index contributed by atoms with van der Waals surface area (Å²) in [4.78, 5) is 0. The Bertz CT molecular complexity index is 358. The highest BCUT2D eigenvalue weighted by Gasteiger charge is 2.48. The molecule has 1 atom stereocenters. The standard InChI is InChI=1S/C11H14BrNO/c1-7(13)11(4-5-11)9-6-8(14)2-3-10(9)12/h2-3,6-7,14H,4-5,13H2,1H3. The molecule has 1 aromatic carbocycles. The molecule has 3 heteroatoms. The van der Waals surface area contributed by atoms with Crippen LogP contribution in [0.3, 0.4) is 0 Å². The molecule has 0 saturated heterocycles. The minimum absolute atomic E-state index is 0.0948. The lowest BCUT2D eigenvalue weighted by Crippen LogP contribution is -2.31. The van der Waals surface area contributed by atoms with E-state index in [0.29, 0.717) is 5.75 Å². The van der Waals surface area contributed by atoms with Crippen molar-refractivity contribution in [3.63, 3.8) is 0 Å². The zero-order valence-corrected chi connectivity index (χ0v) is 9.71. The normalized spacial score (nSPS) is 20.5. The molecule has 1 aliphatic carbocycles. The first-order valence-electron chi connectivity index (χ1n) is 4.81. The van der Waals surface area contributed by atoms with E-state index in [1.165, 1.54) is 0 Å². The number of benzene rings is 1. The molecule has 0 amide bonds. The third-order valence-corrected chi connectivity index (χ3v) is 3.84. The predicted octanol–water partition coefficient (Wildman–Crippen LogP) is 2.53. The summed E-state index contributed by atoms with van der Waals surface area (Å²) in [6, 6.07) is 5.53. The second kappa shape index (κ2) is 3.24.